The highest BCUT2D eigenvalue weighted by Gasteiger charge is 2.52. The van der Waals surface area contributed by atoms with Crippen molar-refractivity contribution in [2.45, 2.75) is 158 Å². The van der Waals surface area contributed by atoms with E-state index in [1.807, 2.05) is 51.1 Å². The van der Waals surface area contributed by atoms with Crippen molar-refractivity contribution in [3.05, 3.63) is 82.9 Å². The Balaban J connectivity index is 0.931. The minimum absolute atomic E-state index is 0.00432. The summed E-state index contributed by atoms with van der Waals surface area (Å²) in [5, 5.41) is 14.9. The molecule has 11 rings (SSSR count). The fraction of sp³-hybridized carbons (Fsp3) is 0.571. The second-order valence-corrected chi connectivity index (χ2v) is 22.1. The number of H-pyrrole nitrogens is 2. The van der Waals surface area contributed by atoms with E-state index in [0.29, 0.717) is 60.7 Å². The normalized spacial score (nSPS) is 26.9. The number of methoxy groups -OCH3 is 3. The summed E-state index contributed by atoms with van der Waals surface area (Å²) in [5.41, 5.74) is 5.19. The number of likely N-dealkylation sites (tertiary alicyclic amines) is 2. The predicted molar refractivity (Wildman–Crippen MR) is 280 cm³/mol. The molecule has 4 aliphatic heterocycles. The standard InChI is InChI=1S/C56H70F2N10O8/c1-29(74-3)48(63-55(71)72)53(69)67-42-13-9-11-31(42)25-46(67)51-59-38-17-15-33(23-40(38)61-51)44-19-20-45(66(44)35-27-36(57)50(37(58)28-35)65-21-7-6-8-22-65)34-16-18-39-41(24-34)62-52(60-39)47-26-32-12-10-14-43(32)68(47)54(70)49(30(2)75-4)64-56(73)76-5/h15-18,23-24,27-32,42-49,63H,6-14,19-22,25-26H2,1-5H3,(H,59,61)(H,60,62)(H,64,73)(H,71,72)/t29-,30-,31+,32+,42+,43+,44-,45-,46+,47+,48+,49+/m1/s1. The van der Waals surface area contributed by atoms with E-state index >= 15 is 8.78 Å². The second-order valence-electron chi connectivity index (χ2n) is 22.1. The highest BCUT2D eigenvalue weighted by molar-refractivity contribution is 5.88. The number of carboxylic acid groups (broad SMARTS) is 1. The summed E-state index contributed by atoms with van der Waals surface area (Å²) in [7, 11) is 4.23. The maximum atomic E-state index is 16.6. The lowest BCUT2D eigenvalue weighted by atomic mass is 10.0. The summed E-state index contributed by atoms with van der Waals surface area (Å²) in [6.45, 7) is 4.61. The first-order valence-corrected chi connectivity index (χ1v) is 27.3. The first kappa shape index (κ1) is 51.6. The van der Waals surface area contributed by atoms with Crippen molar-refractivity contribution in [2.24, 2.45) is 11.8 Å². The molecule has 18 nitrogen and oxygen atoms in total. The molecule has 0 unspecified atom stereocenters. The summed E-state index contributed by atoms with van der Waals surface area (Å²) in [4.78, 5) is 78.5. The van der Waals surface area contributed by atoms with Gasteiger partial charge in [0.25, 0.3) is 0 Å². The summed E-state index contributed by atoms with van der Waals surface area (Å²) in [6.07, 6.45) is 7.73. The third kappa shape index (κ3) is 9.36. The lowest BCUT2D eigenvalue weighted by Gasteiger charge is -2.35. The van der Waals surface area contributed by atoms with Crippen LogP contribution >= 0.6 is 0 Å². The van der Waals surface area contributed by atoms with Gasteiger partial charge in [0.2, 0.25) is 11.8 Å². The lowest BCUT2D eigenvalue weighted by molar-refractivity contribution is -0.140. The van der Waals surface area contributed by atoms with Crippen molar-refractivity contribution < 1.29 is 47.3 Å². The van der Waals surface area contributed by atoms with Gasteiger partial charge in [-0.25, -0.2) is 28.3 Å². The number of aromatic nitrogens is 4. The van der Waals surface area contributed by atoms with Crippen LogP contribution in [0.15, 0.2) is 48.5 Å². The van der Waals surface area contributed by atoms with Gasteiger partial charge in [0.15, 0.2) is 11.6 Å². The Hall–Kier alpha value is -6.54. The zero-order valence-corrected chi connectivity index (χ0v) is 43.9. The van der Waals surface area contributed by atoms with E-state index in [0.717, 1.165) is 86.4 Å². The van der Waals surface area contributed by atoms with E-state index < -0.39 is 54.2 Å². The number of amides is 4. The third-order valence-electron chi connectivity index (χ3n) is 17.9. The molecule has 4 saturated heterocycles. The number of carbonyl (C=O) groups excluding carboxylic acids is 3. The second kappa shape index (κ2) is 21.1. The van der Waals surface area contributed by atoms with Crippen LogP contribution in [0.3, 0.4) is 0 Å². The average molecular weight is 1050 g/mol. The van der Waals surface area contributed by atoms with Crippen molar-refractivity contribution in [3.8, 4) is 0 Å². The SMILES string of the molecule is COC(=O)N[C@H](C(=O)N1[C@H](c2nc3cc([C@H]4CC[C@H](c5ccc6[nH]c([C@@H]7C[C@@H]8CCC[C@@H]8N7C(=O)[C@@H](NC(=O)O)[C@@H](C)OC)nc6c5)N4c4cc(F)c(N5CCCCC5)c(F)c4)ccc3[nH]2)C[C@@H]2CCC[C@@H]21)[C@@H](C)OC. The minimum atomic E-state index is -1.30. The molecule has 2 saturated carbocycles. The molecule has 6 fully saturated rings. The van der Waals surface area contributed by atoms with Crippen LogP contribution in [0.1, 0.15) is 144 Å². The number of ether oxygens (including phenoxy) is 3. The van der Waals surface area contributed by atoms with Crippen molar-refractivity contribution in [3.63, 3.8) is 0 Å². The molecular weight excluding hydrogens is 979 g/mol. The molecule has 3 aromatic carbocycles. The number of halogens is 2. The van der Waals surface area contributed by atoms with Crippen molar-refractivity contribution in [2.75, 3.05) is 44.2 Å². The molecule has 76 heavy (non-hydrogen) atoms. The Bertz CT molecular complexity index is 2980. The Morgan fingerprint density at radius 1 is 0.645 bits per heavy atom. The Morgan fingerprint density at radius 3 is 1.59 bits per heavy atom. The van der Waals surface area contributed by atoms with Crippen LogP contribution in [0, 0.1) is 23.5 Å². The van der Waals surface area contributed by atoms with E-state index in [-0.39, 0.29) is 59.5 Å². The first-order chi connectivity index (χ1) is 36.7. The number of alkyl carbamates (subject to hydrolysis) is 1. The number of anilines is 2. The van der Waals surface area contributed by atoms with Crippen molar-refractivity contribution in [1.29, 1.82) is 0 Å². The molecular formula is C56H70F2N10O8. The molecule has 4 amide bonds. The minimum Gasteiger partial charge on any atom is -0.465 e. The summed E-state index contributed by atoms with van der Waals surface area (Å²) in [5.74, 6) is -0.00422. The van der Waals surface area contributed by atoms with Gasteiger partial charge >= 0.3 is 12.2 Å². The Labute approximate surface area is 440 Å². The van der Waals surface area contributed by atoms with Crippen LogP contribution in [0.25, 0.3) is 22.1 Å². The van der Waals surface area contributed by atoms with Crippen LogP contribution in [-0.2, 0) is 23.8 Å². The smallest absolute Gasteiger partial charge is 0.407 e. The fourth-order valence-corrected chi connectivity index (χ4v) is 14.1. The van der Waals surface area contributed by atoms with E-state index in [2.05, 4.69) is 25.5 Å². The summed E-state index contributed by atoms with van der Waals surface area (Å²) in [6, 6.07) is 11.5. The Kier molecular flexibility index (Phi) is 14.3. The van der Waals surface area contributed by atoms with Crippen LogP contribution in [0.5, 0.6) is 0 Å². The average Bonchev–Trinajstić information content (AvgIpc) is 4.29. The molecule has 0 bridgehead atoms. The zero-order chi connectivity index (χ0) is 53.1. The number of nitrogens with zero attached hydrogens (tertiary/aromatic N) is 6. The van der Waals surface area contributed by atoms with Gasteiger partial charge in [-0.3, -0.25) is 9.59 Å². The van der Waals surface area contributed by atoms with Gasteiger partial charge in [-0.2, -0.15) is 0 Å². The van der Waals surface area contributed by atoms with Crippen LogP contribution in [-0.4, -0.2) is 130 Å². The summed E-state index contributed by atoms with van der Waals surface area (Å²) < 4.78 is 49.1. The molecule has 0 spiro atoms. The topological polar surface area (TPSA) is 211 Å². The molecule has 406 valence electrons. The van der Waals surface area contributed by atoms with Crippen LogP contribution < -0.4 is 20.4 Å². The molecule has 6 heterocycles. The molecule has 2 aliphatic carbocycles. The number of benzene rings is 3. The van der Waals surface area contributed by atoms with Gasteiger partial charge in [-0.15, -0.1) is 0 Å². The van der Waals surface area contributed by atoms with Gasteiger partial charge in [0.1, 0.15) is 29.4 Å². The number of hydrogen-bond donors (Lipinski definition) is 5. The zero-order valence-electron chi connectivity index (χ0n) is 43.9. The number of nitrogens with one attached hydrogen (secondary N) is 4. The maximum absolute atomic E-state index is 16.6. The van der Waals surface area contributed by atoms with Crippen molar-refractivity contribution in [1.82, 2.24) is 40.4 Å². The maximum Gasteiger partial charge on any atom is 0.407 e. The number of rotatable bonds is 14. The van der Waals surface area contributed by atoms with Crippen LogP contribution in [0.2, 0.25) is 0 Å². The van der Waals surface area contributed by atoms with E-state index in [4.69, 9.17) is 24.2 Å². The molecule has 12 atom stereocenters. The quantitative estimate of drug-likeness (QED) is 0.0705. The largest absolute Gasteiger partial charge is 0.465 e. The lowest BCUT2D eigenvalue weighted by Crippen LogP contribution is -2.55. The van der Waals surface area contributed by atoms with Gasteiger partial charge < -0.3 is 59.5 Å². The summed E-state index contributed by atoms with van der Waals surface area (Å²) >= 11 is 0. The molecule has 20 heteroatoms. The molecule has 5 aromatic rings. The van der Waals surface area contributed by atoms with Gasteiger partial charge in [0.05, 0.1) is 65.6 Å². The number of hydrogen-bond acceptors (Lipinski definition) is 11. The molecule has 6 aliphatic rings. The number of imidazole rings is 2. The van der Waals surface area contributed by atoms with E-state index in [1.54, 1.807) is 13.8 Å². The van der Waals surface area contributed by atoms with E-state index in [9.17, 15) is 24.3 Å². The number of aromatic amines is 2. The van der Waals surface area contributed by atoms with Gasteiger partial charge in [0, 0.05) is 45.1 Å². The highest BCUT2D eigenvalue weighted by atomic mass is 19.1. The number of carbonyl (C=O) groups is 4. The van der Waals surface area contributed by atoms with Gasteiger partial charge in [-0.1, -0.05) is 25.0 Å². The first-order valence-electron chi connectivity index (χ1n) is 27.3. The third-order valence-corrected chi connectivity index (χ3v) is 17.9. The predicted octanol–water partition coefficient (Wildman–Crippen LogP) is 9.11. The molecule has 2 aromatic heterocycles. The Morgan fingerprint density at radius 2 is 1.13 bits per heavy atom. The highest BCUT2D eigenvalue weighted by Crippen LogP contribution is 2.52. The van der Waals surface area contributed by atoms with Gasteiger partial charge in [-0.05, 0) is 144 Å². The van der Waals surface area contributed by atoms with E-state index in [1.165, 1.54) is 33.5 Å². The number of piperidine rings is 1. The number of fused-ring (bicyclic) bond motifs is 4. The molecule has 0 radical (unpaired) electrons. The molecule has 5 N–H and O–H groups in total. The van der Waals surface area contributed by atoms with Crippen LogP contribution in [0.4, 0.5) is 29.7 Å². The monoisotopic (exact) mass is 1050 g/mol. The fourth-order valence-electron chi connectivity index (χ4n) is 14.1. The van der Waals surface area contributed by atoms with Crippen molar-refractivity contribution >= 4 is 57.4 Å².